The Balaban J connectivity index is 2.31. The monoisotopic (exact) mass is 249 g/mol. The van der Waals surface area contributed by atoms with Gasteiger partial charge in [-0.2, -0.15) is 0 Å². The van der Waals surface area contributed by atoms with E-state index in [4.69, 9.17) is 17.3 Å². The molecule has 2 nitrogen and oxygen atoms in total. The third-order valence-corrected chi connectivity index (χ3v) is 3.66. The Morgan fingerprint density at radius 2 is 2.00 bits per heavy atom. The Hall–Kier alpha value is -1.28. The van der Waals surface area contributed by atoms with E-state index in [9.17, 15) is 4.79 Å². The van der Waals surface area contributed by atoms with Crippen LogP contribution in [0.2, 0.25) is 5.02 Å². The van der Waals surface area contributed by atoms with E-state index < -0.39 is 0 Å². The molecule has 0 heterocycles. The molecule has 0 saturated heterocycles. The molecule has 0 aromatic heterocycles. The first kappa shape index (κ1) is 12.2. The lowest BCUT2D eigenvalue weighted by Gasteiger charge is -2.28. The summed E-state index contributed by atoms with van der Waals surface area (Å²) in [7, 11) is 0. The summed E-state index contributed by atoms with van der Waals surface area (Å²) in [5.74, 6) is -0.122. The van der Waals surface area contributed by atoms with E-state index in [1.165, 1.54) is 5.57 Å². The van der Waals surface area contributed by atoms with Gasteiger partial charge in [0.15, 0.2) is 0 Å². The van der Waals surface area contributed by atoms with Crippen LogP contribution in [0.5, 0.6) is 0 Å². The van der Waals surface area contributed by atoms with Crippen molar-refractivity contribution in [3.05, 3.63) is 46.5 Å². The zero-order valence-electron chi connectivity index (χ0n) is 9.82. The molecule has 2 N–H and O–H groups in total. The molecule has 0 spiro atoms. The second-order valence-electron chi connectivity index (χ2n) is 4.66. The van der Waals surface area contributed by atoms with Crippen molar-refractivity contribution >= 4 is 17.5 Å². The molecule has 1 aromatic carbocycles. The number of amides is 1. The fourth-order valence-electron chi connectivity index (χ4n) is 2.44. The summed E-state index contributed by atoms with van der Waals surface area (Å²) < 4.78 is 0. The molecule has 0 bridgehead atoms. The molecule has 1 aliphatic carbocycles. The number of hydrogen-bond acceptors (Lipinski definition) is 1. The molecule has 2 atom stereocenters. The van der Waals surface area contributed by atoms with E-state index in [0.717, 1.165) is 18.4 Å². The molecular formula is C14H16ClNO. The Morgan fingerprint density at radius 3 is 2.59 bits per heavy atom. The van der Waals surface area contributed by atoms with E-state index >= 15 is 0 Å². The van der Waals surface area contributed by atoms with Gasteiger partial charge in [0, 0.05) is 10.9 Å². The summed E-state index contributed by atoms with van der Waals surface area (Å²) in [6.07, 6.45) is 3.76. The van der Waals surface area contributed by atoms with Crippen LogP contribution in [0.1, 0.15) is 31.2 Å². The first-order valence-corrected chi connectivity index (χ1v) is 6.16. The Kier molecular flexibility index (Phi) is 3.53. The second kappa shape index (κ2) is 4.92. The fourth-order valence-corrected chi connectivity index (χ4v) is 2.57. The third-order valence-electron chi connectivity index (χ3n) is 3.41. The lowest BCUT2D eigenvalue weighted by Crippen LogP contribution is -2.30. The van der Waals surface area contributed by atoms with E-state index in [1.807, 2.05) is 24.3 Å². The number of allylic oxidation sites excluding steroid dienone is 2. The number of primary amides is 1. The van der Waals surface area contributed by atoms with Crippen molar-refractivity contribution in [1.82, 2.24) is 0 Å². The molecule has 3 heteroatoms. The van der Waals surface area contributed by atoms with Gasteiger partial charge in [-0.1, -0.05) is 35.4 Å². The quantitative estimate of drug-likeness (QED) is 0.804. The topological polar surface area (TPSA) is 43.1 Å². The highest BCUT2D eigenvalue weighted by molar-refractivity contribution is 6.30. The first-order valence-electron chi connectivity index (χ1n) is 5.78. The molecular weight excluding hydrogens is 234 g/mol. The summed E-state index contributed by atoms with van der Waals surface area (Å²) in [5, 5.41) is 0.715. The number of hydrogen-bond donors (Lipinski definition) is 1. The number of carbonyl (C=O) groups is 1. The van der Waals surface area contributed by atoms with E-state index in [0.29, 0.717) is 5.02 Å². The molecule has 1 aromatic rings. The highest BCUT2D eigenvalue weighted by Gasteiger charge is 2.29. The van der Waals surface area contributed by atoms with Crippen molar-refractivity contribution in [3.63, 3.8) is 0 Å². The molecule has 0 radical (unpaired) electrons. The van der Waals surface area contributed by atoms with Crippen LogP contribution in [0.15, 0.2) is 35.9 Å². The Morgan fingerprint density at radius 1 is 1.35 bits per heavy atom. The van der Waals surface area contributed by atoms with Crippen LogP contribution < -0.4 is 5.73 Å². The number of nitrogens with two attached hydrogens (primary N) is 1. The summed E-state index contributed by atoms with van der Waals surface area (Å²) in [5.41, 5.74) is 7.94. The lowest BCUT2D eigenvalue weighted by molar-refractivity contribution is -0.122. The minimum atomic E-state index is -0.214. The Labute approximate surface area is 106 Å². The van der Waals surface area contributed by atoms with Crippen LogP contribution >= 0.6 is 11.6 Å². The summed E-state index contributed by atoms with van der Waals surface area (Å²) in [6, 6.07) is 7.70. The van der Waals surface area contributed by atoms with Gasteiger partial charge in [-0.15, -0.1) is 0 Å². The maximum atomic E-state index is 11.5. The highest BCUT2D eigenvalue weighted by Crippen LogP contribution is 2.37. The second-order valence-corrected chi connectivity index (χ2v) is 5.09. The summed E-state index contributed by atoms with van der Waals surface area (Å²) in [6.45, 7) is 2.10. The number of halogens is 1. The van der Waals surface area contributed by atoms with Gasteiger partial charge in [0.2, 0.25) is 5.91 Å². The van der Waals surface area contributed by atoms with E-state index in [-0.39, 0.29) is 17.7 Å². The van der Waals surface area contributed by atoms with Gasteiger partial charge < -0.3 is 5.73 Å². The predicted octanol–water partition coefficient (Wildman–Crippen LogP) is 3.27. The minimum absolute atomic E-state index is 0.0973. The van der Waals surface area contributed by atoms with Crippen LogP contribution in [0.25, 0.3) is 0 Å². The molecule has 1 aliphatic rings. The zero-order chi connectivity index (χ0) is 12.4. The maximum Gasteiger partial charge on any atom is 0.221 e. The van der Waals surface area contributed by atoms with Crippen LogP contribution in [0, 0.1) is 5.92 Å². The van der Waals surface area contributed by atoms with Crippen molar-refractivity contribution in [2.24, 2.45) is 11.7 Å². The third kappa shape index (κ3) is 2.70. The average Bonchev–Trinajstić information content (AvgIpc) is 2.29. The fraction of sp³-hybridized carbons (Fsp3) is 0.357. The Bertz CT molecular complexity index is 450. The summed E-state index contributed by atoms with van der Waals surface area (Å²) in [4.78, 5) is 11.5. The smallest absolute Gasteiger partial charge is 0.221 e. The largest absolute Gasteiger partial charge is 0.369 e. The highest BCUT2D eigenvalue weighted by atomic mass is 35.5. The number of rotatable bonds is 2. The molecule has 0 aliphatic heterocycles. The molecule has 1 amide bonds. The lowest BCUT2D eigenvalue weighted by atomic mass is 9.76. The summed E-state index contributed by atoms with van der Waals surface area (Å²) >= 11 is 5.88. The number of carbonyl (C=O) groups excluding carboxylic acids is 1. The minimum Gasteiger partial charge on any atom is -0.369 e. The van der Waals surface area contributed by atoms with Gasteiger partial charge in [0.25, 0.3) is 0 Å². The van der Waals surface area contributed by atoms with Crippen LogP contribution in [0.4, 0.5) is 0 Å². The van der Waals surface area contributed by atoms with Crippen molar-refractivity contribution in [2.75, 3.05) is 0 Å². The zero-order valence-corrected chi connectivity index (χ0v) is 10.6. The molecule has 2 unspecified atom stereocenters. The standard InChI is InChI=1S/C14H16ClNO/c1-9-2-7-12(14(16)17)13(8-9)10-3-5-11(15)6-4-10/h2-6,12-13H,7-8H2,1H3,(H2,16,17). The molecule has 0 saturated carbocycles. The van der Waals surface area contributed by atoms with Gasteiger partial charge in [-0.25, -0.2) is 0 Å². The van der Waals surface area contributed by atoms with Gasteiger partial charge in [-0.3, -0.25) is 4.79 Å². The molecule has 2 rings (SSSR count). The van der Waals surface area contributed by atoms with Gasteiger partial charge in [0.05, 0.1) is 0 Å². The van der Waals surface area contributed by atoms with Gasteiger partial charge in [0.1, 0.15) is 0 Å². The van der Waals surface area contributed by atoms with Crippen molar-refractivity contribution in [1.29, 1.82) is 0 Å². The van der Waals surface area contributed by atoms with Crippen molar-refractivity contribution < 1.29 is 4.79 Å². The predicted molar refractivity (Wildman–Crippen MR) is 69.9 cm³/mol. The number of benzene rings is 1. The molecule has 0 fully saturated rings. The maximum absolute atomic E-state index is 11.5. The first-order chi connectivity index (χ1) is 8.08. The average molecular weight is 250 g/mol. The van der Waals surface area contributed by atoms with E-state index in [1.54, 1.807) is 0 Å². The van der Waals surface area contributed by atoms with Crippen LogP contribution in [0.3, 0.4) is 0 Å². The molecule has 90 valence electrons. The van der Waals surface area contributed by atoms with Crippen LogP contribution in [-0.2, 0) is 4.79 Å². The van der Waals surface area contributed by atoms with Gasteiger partial charge in [-0.05, 0) is 43.4 Å². The SMILES string of the molecule is CC1=CCC(C(N)=O)C(c2ccc(Cl)cc2)C1. The van der Waals surface area contributed by atoms with Crippen molar-refractivity contribution in [3.8, 4) is 0 Å². The van der Waals surface area contributed by atoms with Crippen LogP contribution in [-0.4, -0.2) is 5.91 Å². The van der Waals surface area contributed by atoms with E-state index in [2.05, 4.69) is 13.0 Å². The van der Waals surface area contributed by atoms with Crippen molar-refractivity contribution in [2.45, 2.75) is 25.7 Å². The van der Waals surface area contributed by atoms with Gasteiger partial charge >= 0.3 is 0 Å². The normalized spacial score (nSPS) is 24.2. The molecule has 17 heavy (non-hydrogen) atoms.